The van der Waals surface area contributed by atoms with Crippen molar-refractivity contribution in [2.75, 3.05) is 24.6 Å². The molecule has 0 atom stereocenters. The van der Waals surface area contributed by atoms with Crippen molar-refractivity contribution in [1.82, 2.24) is 5.32 Å². The zero-order chi connectivity index (χ0) is 17.2. The molecule has 0 saturated carbocycles. The molecule has 0 spiro atoms. The summed E-state index contributed by atoms with van der Waals surface area (Å²) in [5, 5.41) is 2.65. The van der Waals surface area contributed by atoms with Crippen LogP contribution in [0.5, 0.6) is 0 Å². The van der Waals surface area contributed by atoms with E-state index in [0.717, 1.165) is 0 Å². The molecule has 0 saturated heterocycles. The lowest BCUT2D eigenvalue weighted by Gasteiger charge is -2.23. The fourth-order valence-corrected chi connectivity index (χ4v) is 2.03. The predicted molar refractivity (Wildman–Crippen MR) is 88.2 cm³/mol. The Morgan fingerprint density at radius 1 is 1.30 bits per heavy atom. The Bertz CT molecular complexity index is 584. The highest BCUT2D eigenvalue weighted by Gasteiger charge is 2.20. The third-order valence-corrected chi connectivity index (χ3v) is 3.08. The summed E-state index contributed by atoms with van der Waals surface area (Å²) in [4.78, 5) is 37.0. The van der Waals surface area contributed by atoms with Crippen molar-refractivity contribution in [3.05, 3.63) is 42.5 Å². The molecule has 1 aromatic carbocycles. The molecule has 0 aromatic heterocycles. The lowest BCUT2D eigenvalue weighted by Crippen LogP contribution is -2.35. The minimum absolute atomic E-state index is 0.130. The lowest BCUT2D eigenvalue weighted by molar-refractivity contribution is -0.120. The van der Waals surface area contributed by atoms with Crippen LogP contribution in [0.1, 0.15) is 30.6 Å². The van der Waals surface area contributed by atoms with Crippen LogP contribution in [0.3, 0.4) is 0 Å². The van der Waals surface area contributed by atoms with E-state index in [1.807, 2.05) is 0 Å². The molecule has 0 bridgehead atoms. The quantitative estimate of drug-likeness (QED) is 0.587. The molecule has 6 heteroatoms. The second kappa shape index (κ2) is 9.40. The molecule has 0 fully saturated rings. The number of carbonyl (C=O) groups is 3. The molecule has 0 aliphatic heterocycles. The van der Waals surface area contributed by atoms with Gasteiger partial charge in [0, 0.05) is 26.4 Å². The van der Waals surface area contributed by atoms with Gasteiger partial charge in [-0.1, -0.05) is 18.2 Å². The van der Waals surface area contributed by atoms with Crippen molar-refractivity contribution >= 4 is 23.5 Å². The van der Waals surface area contributed by atoms with Gasteiger partial charge in [-0.2, -0.15) is 0 Å². The van der Waals surface area contributed by atoms with E-state index in [4.69, 9.17) is 4.74 Å². The molecule has 0 heterocycles. The fourth-order valence-electron chi connectivity index (χ4n) is 2.03. The van der Waals surface area contributed by atoms with E-state index in [1.54, 1.807) is 37.3 Å². The van der Waals surface area contributed by atoms with Crippen molar-refractivity contribution in [3.63, 3.8) is 0 Å². The first kappa shape index (κ1) is 18.4. The van der Waals surface area contributed by atoms with Gasteiger partial charge in [-0.25, -0.2) is 4.79 Å². The number of hydrogen-bond donors (Lipinski definition) is 1. The number of amides is 2. The van der Waals surface area contributed by atoms with Crippen molar-refractivity contribution in [2.45, 2.75) is 20.3 Å². The first-order chi connectivity index (χ1) is 11.0. The Morgan fingerprint density at radius 2 is 2.00 bits per heavy atom. The number of rotatable bonds is 8. The highest BCUT2D eigenvalue weighted by atomic mass is 16.5. The maximum atomic E-state index is 12.0. The van der Waals surface area contributed by atoms with E-state index in [1.165, 1.54) is 11.8 Å². The predicted octanol–water partition coefficient (Wildman–Crippen LogP) is 1.91. The summed E-state index contributed by atoms with van der Waals surface area (Å²) in [6.45, 7) is 7.43. The molecule has 2 amide bonds. The zero-order valence-corrected chi connectivity index (χ0v) is 13.5. The molecule has 1 N–H and O–H groups in total. The average molecular weight is 318 g/mol. The second-order valence-corrected chi connectivity index (χ2v) is 4.75. The van der Waals surface area contributed by atoms with Crippen LogP contribution < -0.4 is 10.2 Å². The Hall–Kier alpha value is -2.63. The number of hydrogen-bond acceptors (Lipinski definition) is 4. The molecule has 1 aromatic rings. The molecule has 1 rings (SSSR count). The Kier molecular flexibility index (Phi) is 7.53. The molecular formula is C17H22N2O4. The van der Waals surface area contributed by atoms with Crippen LogP contribution in [-0.4, -0.2) is 37.5 Å². The maximum Gasteiger partial charge on any atom is 0.340 e. The van der Waals surface area contributed by atoms with Crippen molar-refractivity contribution in [1.29, 1.82) is 0 Å². The van der Waals surface area contributed by atoms with Crippen molar-refractivity contribution < 1.29 is 19.1 Å². The Labute approximate surface area is 136 Å². The first-order valence-electron chi connectivity index (χ1n) is 7.43. The van der Waals surface area contributed by atoms with E-state index in [2.05, 4.69) is 11.9 Å². The number of benzene rings is 1. The van der Waals surface area contributed by atoms with E-state index in [0.29, 0.717) is 17.8 Å². The number of para-hydroxylation sites is 1. The smallest absolute Gasteiger partial charge is 0.340 e. The van der Waals surface area contributed by atoms with Crippen LogP contribution in [0.25, 0.3) is 0 Å². The van der Waals surface area contributed by atoms with Crippen LogP contribution in [0.4, 0.5) is 5.69 Å². The number of nitrogens with zero attached hydrogens (tertiary/aromatic N) is 1. The summed E-state index contributed by atoms with van der Waals surface area (Å²) in [5.74, 6) is -0.937. The summed E-state index contributed by atoms with van der Waals surface area (Å²) in [7, 11) is 0. The topological polar surface area (TPSA) is 75.7 Å². The molecule has 23 heavy (non-hydrogen) atoms. The van der Waals surface area contributed by atoms with Crippen LogP contribution in [0.2, 0.25) is 0 Å². The van der Waals surface area contributed by atoms with Crippen LogP contribution in [-0.2, 0) is 14.3 Å². The Balaban J connectivity index is 2.93. The van der Waals surface area contributed by atoms with Gasteiger partial charge in [0.1, 0.15) is 0 Å². The van der Waals surface area contributed by atoms with Gasteiger partial charge in [-0.15, -0.1) is 6.58 Å². The Morgan fingerprint density at radius 3 is 2.61 bits per heavy atom. The van der Waals surface area contributed by atoms with Gasteiger partial charge < -0.3 is 15.0 Å². The van der Waals surface area contributed by atoms with Gasteiger partial charge in [0.2, 0.25) is 11.8 Å². The van der Waals surface area contributed by atoms with E-state index in [-0.39, 0.29) is 31.4 Å². The molecule has 0 aliphatic carbocycles. The number of esters is 1. The molecule has 124 valence electrons. The number of ether oxygens (including phenoxy) is 1. The van der Waals surface area contributed by atoms with Gasteiger partial charge in [0.25, 0.3) is 0 Å². The lowest BCUT2D eigenvalue weighted by atomic mass is 10.1. The second-order valence-electron chi connectivity index (χ2n) is 4.75. The van der Waals surface area contributed by atoms with Gasteiger partial charge in [-0.05, 0) is 19.1 Å². The zero-order valence-electron chi connectivity index (χ0n) is 13.5. The van der Waals surface area contributed by atoms with Gasteiger partial charge in [0.05, 0.1) is 17.9 Å². The highest BCUT2D eigenvalue weighted by Crippen LogP contribution is 2.22. The van der Waals surface area contributed by atoms with Gasteiger partial charge >= 0.3 is 5.97 Å². The number of anilines is 1. The minimum atomic E-state index is -0.495. The average Bonchev–Trinajstić information content (AvgIpc) is 2.53. The van der Waals surface area contributed by atoms with Crippen LogP contribution >= 0.6 is 0 Å². The highest BCUT2D eigenvalue weighted by molar-refractivity contribution is 6.02. The summed E-state index contributed by atoms with van der Waals surface area (Å²) in [5.41, 5.74) is 0.742. The van der Waals surface area contributed by atoms with E-state index < -0.39 is 5.97 Å². The summed E-state index contributed by atoms with van der Waals surface area (Å²) in [6, 6.07) is 6.69. The molecule has 0 radical (unpaired) electrons. The third kappa shape index (κ3) is 5.58. The number of nitrogens with one attached hydrogen (secondary N) is 1. The third-order valence-electron chi connectivity index (χ3n) is 3.08. The van der Waals surface area contributed by atoms with Crippen molar-refractivity contribution in [2.24, 2.45) is 0 Å². The van der Waals surface area contributed by atoms with Crippen LogP contribution in [0, 0.1) is 0 Å². The van der Waals surface area contributed by atoms with E-state index >= 15 is 0 Å². The standard InChI is InChI=1S/C17H22N2O4/c1-4-11-18-16(21)10-12-19(13(3)20)15-9-7-6-8-14(15)17(22)23-5-2/h4,6-9H,1,5,10-12H2,2-3H3,(H,18,21). The van der Waals surface area contributed by atoms with Crippen LogP contribution in [0.15, 0.2) is 36.9 Å². The monoisotopic (exact) mass is 318 g/mol. The first-order valence-corrected chi connectivity index (χ1v) is 7.43. The summed E-state index contributed by atoms with van der Waals surface area (Å²) < 4.78 is 5.01. The molecular weight excluding hydrogens is 296 g/mol. The SMILES string of the molecule is C=CCNC(=O)CCN(C(C)=O)c1ccccc1C(=O)OCC. The van der Waals surface area contributed by atoms with Crippen molar-refractivity contribution in [3.8, 4) is 0 Å². The fraction of sp³-hybridized carbons (Fsp3) is 0.353. The summed E-state index contributed by atoms with van der Waals surface area (Å²) in [6.07, 6.45) is 1.71. The van der Waals surface area contributed by atoms with Gasteiger partial charge in [-0.3, -0.25) is 9.59 Å². The molecule has 6 nitrogen and oxygen atoms in total. The minimum Gasteiger partial charge on any atom is -0.462 e. The molecule has 0 aliphatic rings. The van der Waals surface area contributed by atoms with Gasteiger partial charge in [0.15, 0.2) is 0 Å². The maximum absolute atomic E-state index is 12.0. The normalized spacial score (nSPS) is 9.83. The number of carbonyl (C=O) groups excluding carboxylic acids is 3. The largest absolute Gasteiger partial charge is 0.462 e. The van der Waals surface area contributed by atoms with E-state index in [9.17, 15) is 14.4 Å². The molecule has 0 unspecified atom stereocenters. The summed E-state index contributed by atoms with van der Waals surface area (Å²) >= 11 is 0.